The molecular formula is C43H28N4. The summed E-state index contributed by atoms with van der Waals surface area (Å²) in [6.45, 7) is 0. The average molecular weight is 601 g/mol. The molecule has 0 unspecified atom stereocenters. The van der Waals surface area contributed by atoms with Crippen molar-refractivity contribution in [3.8, 4) is 51.0 Å². The smallest absolute Gasteiger partial charge is 0.164 e. The van der Waals surface area contributed by atoms with Crippen LogP contribution in [0, 0.1) is 0 Å². The third kappa shape index (κ3) is 4.75. The molecule has 9 rings (SSSR count). The van der Waals surface area contributed by atoms with Crippen LogP contribution in [0.1, 0.15) is 0 Å². The van der Waals surface area contributed by atoms with Crippen LogP contribution in [0.5, 0.6) is 0 Å². The minimum absolute atomic E-state index is 0.641. The minimum Gasteiger partial charge on any atom is -0.309 e. The largest absolute Gasteiger partial charge is 0.309 e. The summed E-state index contributed by atoms with van der Waals surface area (Å²) in [6, 6.07) is 59.3. The molecule has 2 aromatic heterocycles. The molecule has 0 spiro atoms. The third-order valence-electron chi connectivity index (χ3n) is 8.82. The fourth-order valence-electron chi connectivity index (χ4n) is 6.57. The van der Waals surface area contributed by atoms with Gasteiger partial charge < -0.3 is 4.57 Å². The first-order valence-electron chi connectivity index (χ1n) is 15.8. The molecule has 4 nitrogen and oxygen atoms in total. The molecule has 0 saturated carbocycles. The monoisotopic (exact) mass is 600 g/mol. The van der Waals surface area contributed by atoms with Crippen LogP contribution in [0.3, 0.4) is 0 Å². The van der Waals surface area contributed by atoms with Crippen LogP contribution >= 0.6 is 0 Å². The number of benzene rings is 7. The van der Waals surface area contributed by atoms with Crippen LogP contribution < -0.4 is 0 Å². The van der Waals surface area contributed by atoms with Crippen molar-refractivity contribution >= 4 is 32.6 Å². The Morgan fingerprint density at radius 3 is 1.43 bits per heavy atom. The molecule has 0 aliphatic rings. The van der Waals surface area contributed by atoms with Crippen molar-refractivity contribution < 1.29 is 0 Å². The normalized spacial score (nSPS) is 11.4. The Bertz CT molecular complexity index is 2480. The van der Waals surface area contributed by atoms with Gasteiger partial charge in [0.05, 0.1) is 11.0 Å². The van der Waals surface area contributed by atoms with Crippen LogP contribution in [0.25, 0.3) is 83.6 Å². The van der Waals surface area contributed by atoms with Crippen molar-refractivity contribution in [1.29, 1.82) is 0 Å². The maximum atomic E-state index is 4.95. The minimum atomic E-state index is 0.641. The molecule has 0 atom stereocenters. The van der Waals surface area contributed by atoms with Gasteiger partial charge in [0.2, 0.25) is 0 Å². The summed E-state index contributed by atoms with van der Waals surface area (Å²) in [5.41, 5.74) is 8.67. The van der Waals surface area contributed by atoms with E-state index in [4.69, 9.17) is 15.0 Å². The fourth-order valence-corrected chi connectivity index (χ4v) is 6.57. The first-order chi connectivity index (χ1) is 23.3. The van der Waals surface area contributed by atoms with Gasteiger partial charge in [-0.05, 0) is 52.7 Å². The van der Waals surface area contributed by atoms with Crippen molar-refractivity contribution in [3.05, 3.63) is 170 Å². The van der Waals surface area contributed by atoms with Gasteiger partial charge in [-0.25, -0.2) is 15.0 Å². The van der Waals surface area contributed by atoms with Gasteiger partial charge in [-0.3, -0.25) is 0 Å². The summed E-state index contributed by atoms with van der Waals surface area (Å²) in [6.07, 6.45) is 0. The molecule has 0 aliphatic heterocycles. The van der Waals surface area contributed by atoms with Gasteiger partial charge in [-0.2, -0.15) is 0 Å². The van der Waals surface area contributed by atoms with Gasteiger partial charge in [-0.1, -0.05) is 133 Å². The van der Waals surface area contributed by atoms with Gasteiger partial charge in [0.25, 0.3) is 0 Å². The first-order valence-corrected chi connectivity index (χ1v) is 15.8. The molecule has 2 heterocycles. The van der Waals surface area contributed by atoms with E-state index in [2.05, 4.69) is 114 Å². The number of aromatic nitrogens is 4. The number of para-hydroxylation sites is 1. The standard InChI is InChI=1S/C43H28N4/c1-4-13-29(14-5-1)36-21-12-22-37-38-27-33-19-10-11-20-34(33)28-39(38)47(40(36)37)35-25-23-32(24-26-35)43-45-41(30-15-6-2-7-16-30)44-42(46-43)31-17-8-3-9-18-31/h1-28H. The zero-order valence-electron chi connectivity index (χ0n) is 25.5. The van der Waals surface area contributed by atoms with E-state index in [1.165, 1.54) is 43.7 Å². The predicted molar refractivity (Wildman–Crippen MR) is 193 cm³/mol. The highest BCUT2D eigenvalue weighted by molar-refractivity contribution is 6.16. The summed E-state index contributed by atoms with van der Waals surface area (Å²) in [5.74, 6) is 1.95. The SMILES string of the molecule is c1ccc(-c2nc(-c3ccccc3)nc(-c3ccc(-n4c5cc6ccccc6cc5c5cccc(-c6ccccc6)c54)cc3)n2)cc1. The Morgan fingerprint density at radius 1 is 0.362 bits per heavy atom. The zero-order chi connectivity index (χ0) is 31.2. The van der Waals surface area contributed by atoms with Crippen LogP contribution in [0.4, 0.5) is 0 Å². The lowest BCUT2D eigenvalue weighted by Crippen LogP contribution is -2.00. The Morgan fingerprint density at radius 2 is 0.851 bits per heavy atom. The van der Waals surface area contributed by atoms with E-state index in [-0.39, 0.29) is 0 Å². The van der Waals surface area contributed by atoms with Crippen LogP contribution in [0.2, 0.25) is 0 Å². The second-order valence-electron chi connectivity index (χ2n) is 11.7. The highest BCUT2D eigenvalue weighted by Crippen LogP contribution is 2.40. The Kier molecular flexibility index (Phi) is 6.43. The molecule has 0 amide bonds. The Labute approximate surface area is 272 Å². The molecule has 0 aliphatic carbocycles. The van der Waals surface area contributed by atoms with Gasteiger partial charge >= 0.3 is 0 Å². The first kappa shape index (κ1) is 27.0. The predicted octanol–water partition coefficient (Wildman–Crippen LogP) is 10.8. The molecule has 0 bridgehead atoms. The van der Waals surface area contributed by atoms with Crippen molar-refractivity contribution in [1.82, 2.24) is 19.5 Å². The van der Waals surface area contributed by atoms with Gasteiger partial charge in [0.15, 0.2) is 17.5 Å². The van der Waals surface area contributed by atoms with Crippen molar-refractivity contribution in [3.63, 3.8) is 0 Å². The van der Waals surface area contributed by atoms with E-state index in [9.17, 15) is 0 Å². The number of nitrogens with zero attached hydrogens (tertiary/aromatic N) is 4. The Hall–Kier alpha value is -6.39. The maximum Gasteiger partial charge on any atom is 0.164 e. The number of hydrogen-bond acceptors (Lipinski definition) is 3. The van der Waals surface area contributed by atoms with E-state index < -0.39 is 0 Å². The number of fused-ring (bicyclic) bond motifs is 4. The van der Waals surface area contributed by atoms with Crippen molar-refractivity contribution in [2.45, 2.75) is 0 Å². The van der Waals surface area contributed by atoms with Gasteiger partial charge in [0.1, 0.15) is 0 Å². The molecule has 220 valence electrons. The summed E-state index contributed by atoms with van der Waals surface area (Å²) >= 11 is 0. The summed E-state index contributed by atoms with van der Waals surface area (Å²) in [5, 5.41) is 4.92. The lowest BCUT2D eigenvalue weighted by Gasteiger charge is -2.13. The van der Waals surface area contributed by atoms with Crippen LogP contribution in [-0.2, 0) is 0 Å². The second kappa shape index (κ2) is 11.2. The van der Waals surface area contributed by atoms with Gasteiger partial charge in [-0.15, -0.1) is 0 Å². The molecule has 9 aromatic rings. The lowest BCUT2D eigenvalue weighted by atomic mass is 10.0. The quantitative estimate of drug-likeness (QED) is 0.197. The van der Waals surface area contributed by atoms with E-state index >= 15 is 0 Å². The van der Waals surface area contributed by atoms with Crippen molar-refractivity contribution in [2.24, 2.45) is 0 Å². The van der Waals surface area contributed by atoms with Crippen molar-refractivity contribution in [2.75, 3.05) is 0 Å². The molecule has 7 aromatic carbocycles. The lowest BCUT2D eigenvalue weighted by molar-refractivity contribution is 1.07. The van der Waals surface area contributed by atoms with E-state index in [1.807, 2.05) is 60.7 Å². The number of hydrogen-bond donors (Lipinski definition) is 0. The van der Waals surface area contributed by atoms with Crippen LogP contribution in [-0.4, -0.2) is 19.5 Å². The highest BCUT2D eigenvalue weighted by Gasteiger charge is 2.18. The topological polar surface area (TPSA) is 43.6 Å². The summed E-state index contributed by atoms with van der Waals surface area (Å²) in [7, 11) is 0. The van der Waals surface area contributed by atoms with E-state index in [0.29, 0.717) is 17.5 Å². The fraction of sp³-hybridized carbons (Fsp3) is 0. The maximum absolute atomic E-state index is 4.95. The molecule has 0 fully saturated rings. The molecule has 4 heteroatoms. The third-order valence-corrected chi connectivity index (χ3v) is 8.82. The molecule has 0 radical (unpaired) electrons. The summed E-state index contributed by atoms with van der Waals surface area (Å²) in [4.78, 5) is 14.8. The second-order valence-corrected chi connectivity index (χ2v) is 11.7. The molecule has 47 heavy (non-hydrogen) atoms. The molecular weight excluding hydrogens is 573 g/mol. The number of rotatable bonds is 5. The zero-order valence-corrected chi connectivity index (χ0v) is 25.5. The van der Waals surface area contributed by atoms with E-state index in [1.54, 1.807) is 0 Å². The highest BCUT2D eigenvalue weighted by atomic mass is 15.0. The van der Waals surface area contributed by atoms with Crippen LogP contribution in [0.15, 0.2) is 170 Å². The average Bonchev–Trinajstić information content (AvgIpc) is 3.48. The van der Waals surface area contributed by atoms with Gasteiger partial charge in [0, 0.05) is 38.7 Å². The summed E-state index contributed by atoms with van der Waals surface area (Å²) < 4.78 is 2.40. The van der Waals surface area contributed by atoms with E-state index in [0.717, 1.165) is 22.4 Å². The molecule has 0 N–H and O–H groups in total. The Balaban J connectivity index is 1.25. The molecule has 0 saturated heterocycles.